The second-order valence-electron chi connectivity index (χ2n) is 15.5. The van der Waals surface area contributed by atoms with Gasteiger partial charge in [0, 0.05) is 92.1 Å². The van der Waals surface area contributed by atoms with Crippen LogP contribution in [0.1, 0.15) is 71.5 Å². The fourth-order valence-corrected chi connectivity index (χ4v) is 8.11. The van der Waals surface area contributed by atoms with E-state index in [0.717, 1.165) is 74.0 Å². The Morgan fingerprint density at radius 2 is 1.65 bits per heavy atom. The van der Waals surface area contributed by atoms with E-state index in [1.807, 2.05) is 28.0 Å². The number of anilines is 1. The molecule has 5 heterocycles. The number of benzene rings is 2. The SMILES string of the molecule is CC1(C)CCc2c(-c3cc4cc(C(=O)N5CCN(CC6CCN(C(=O)c7ccc(F)c(N8CCC(=O)NON8)c7)CC6)CC5)ccc4[nH]3)n[nH]c2C1. The molecule has 3 aliphatic heterocycles. The molecule has 8 rings (SSSR count). The van der Waals surface area contributed by atoms with Gasteiger partial charge in [0.25, 0.3) is 11.8 Å². The third-order valence-corrected chi connectivity index (χ3v) is 11.2. The Labute approximate surface area is 301 Å². The molecule has 0 bridgehead atoms. The molecule has 0 unspecified atom stereocenters. The van der Waals surface area contributed by atoms with Gasteiger partial charge in [-0.15, -0.1) is 0 Å². The number of likely N-dealkylation sites (tertiary alicyclic amines) is 1. The van der Waals surface area contributed by atoms with E-state index in [2.05, 4.69) is 51.1 Å². The first-order valence-corrected chi connectivity index (χ1v) is 18.4. The number of nitrogens with zero attached hydrogens (tertiary/aromatic N) is 5. The summed E-state index contributed by atoms with van der Waals surface area (Å²) in [6.07, 6.45) is 5.02. The van der Waals surface area contributed by atoms with Crippen LogP contribution in [0.4, 0.5) is 10.1 Å². The van der Waals surface area contributed by atoms with Crippen molar-refractivity contribution in [1.82, 2.24) is 41.0 Å². The van der Waals surface area contributed by atoms with Crippen LogP contribution in [0.3, 0.4) is 0 Å². The Morgan fingerprint density at radius 1 is 0.923 bits per heavy atom. The van der Waals surface area contributed by atoms with Gasteiger partial charge in [-0.1, -0.05) is 19.4 Å². The van der Waals surface area contributed by atoms with Gasteiger partial charge in [-0.25, -0.2) is 9.87 Å². The number of fused-ring (bicyclic) bond motifs is 2. The fraction of sp³-hybridized carbons (Fsp3) is 0.474. The Balaban J connectivity index is 0.824. The van der Waals surface area contributed by atoms with Crippen LogP contribution in [0.25, 0.3) is 22.3 Å². The summed E-state index contributed by atoms with van der Waals surface area (Å²) in [5, 5.41) is 10.3. The first kappa shape index (κ1) is 34.3. The highest BCUT2D eigenvalue weighted by Gasteiger charge is 2.31. The molecule has 0 atom stereocenters. The van der Waals surface area contributed by atoms with Crippen molar-refractivity contribution in [3.63, 3.8) is 0 Å². The van der Waals surface area contributed by atoms with Gasteiger partial charge >= 0.3 is 0 Å². The van der Waals surface area contributed by atoms with Gasteiger partial charge < -0.3 is 14.8 Å². The van der Waals surface area contributed by atoms with E-state index in [9.17, 15) is 18.8 Å². The molecule has 4 aromatic rings. The Hall–Kier alpha value is -4.79. The number of H-pyrrole nitrogens is 2. The zero-order chi connectivity index (χ0) is 36.0. The second-order valence-corrected chi connectivity index (χ2v) is 15.5. The molecule has 0 saturated carbocycles. The second kappa shape index (κ2) is 14.0. The average molecular weight is 712 g/mol. The maximum atomic E-state index is 14.7. The normalized spacial score (nSPS) is 20.1. The minimum atomic E-state index is -0.522. The van der Waals surface area contributed by atoms with Gasteiger partial charge in [0.1, 0.15) is 11.5 Å². The number of hydroxylamine groups is 1. The summed E-state index contributed by atoms with van der Waals surface area (Å²) in [5.74, 6) is -0.478. The average Bonchev–Trinajstić information content (AvgIpc) is 3.69. The van der Waals surface area contributed by atoms with Gasteiger partial charge in [0.05, 0.1) is 11.4 Å². The molecule has 4 N–H and O–H groups in total. The summed E-state index contributed by atoms with van der Waals surface area (Å²) >= 11 is 0. The monoisotopic (exact) mass is 711 g/mol. The molecular formula is C38H46FN9O4. The van der Waals surface area contributed by atoms with E-state index in [4.69, 9.17) is 4.94 Å². The van der Waals surface area contributed by atoms with Crippen LogP contribution in [0.5, 0.6) is 0 Å². The topological polar surface area (TPSA) is 142 Å². The maximum Gasteiger partial charge on any atom is 0.253 e. The van der Waals surface area contributed by atoms with Crippen molar-refractivity contribution in [3.05, 3.63) is 70.7 Å². The lowest BCUT2D eigenvalue weighted by Crippen LogP contribution is -2.50. The van der Waals surface area contributed by atoms with Gasteiger partial charge in [-0.2, -0.15) is 10.0 Å². The quantitative estimate of drug-likeness (QED) is 0.233. The Kier molecular flexibility index (Phi) is 9.22. The van der Waals surface area contributed by atoms with Crippen LogP contribution in [0.2, 0.25) is 0 Å². The molecule has 3 fully saturated rings. The number of carbonyl (C=O) groups excluding carboxylic acids is 3. The maximum absolute atomic E-state index is 14.7. The lowest BCUT2D eigenvalue weighted by atomic mass is 9.76. The number of hydrazine groups is 1. The van der Waals surface area contributed by atoms with Crippen LogP contribution in [-0.2, 0) is 22.6 Å². The number of amides is 3. The van der Waals surface area contributed by atoms with Gasteiger partial charge in [-0.05, 0) is 85.9 Å². The zero-order valence-corrected chi connectivity index (χ0v) is 29.8. The van der Waals surface area contributed by atoms with Crippen molar-refractivity contribution in [2.75, 3.05) is 57.4 Å². The molecule has 1 aliphatic carbocycles. The lowest BCUT2D eigenvalue weighted by molar-refractivity contribution is -0.137. The number of hydrogen-bond donors (Lipinski definition) is 4. The number of aromatic amines is 2. The first-order valence-electron chi connectivity index (χ1n) is 18.4. The van der Waals surface area contributed by atoms with E-state index in [0.29, 0.717) is 43.2 Å². The van der Waals surface area contributed by atoms with Crippen molar-refractivity contribution < 1.29 is 23.7 Å². The third-order valence-electron chi connectivity index (χ3n) is 11.2. The molecule has 13 nitrogen and oxygen atoms in total. The predicted molar refractivity (Wildman–Crippen MR) is 193 cm³/mol. The number of hydrogen-bond acceptors (Lipinski definition) is 8. The predicted octanol–water partition coefficient (Wildman–Crippen LogP) is 4.20. The lowest BCUT2D eigenvalue weighted by Gasteiger charge is -2.39. The fourth-order valence-electron chi connectivity index (χ4n) is 8.11. The first-order chi connectivity index (χ1) is 25.1. The number of carbonyl (C=O) groups is 3. The van der Waals surface area contributed by atoms with Crippen LogP contribution >= 0.6 is 0 Å². The van der Waals surface area contributed by atoms with Crippen LogP contribution in [0, 0.1) is 17.2 Å². The summed E-state index contributed by atoms with van der Waals surface area (Å²) in [4.78, 5) is 53.2. The number of piperidine rings is 1. The van der Waals surface area contributed by atoms with Crippen molar-refractivity contribution in [2.45, 2.75) is 52.4 Å². The van der Waals surface area contributed by atoms with Crippen molar-refractivity contribution >= 4 is 34.3 Å². The molecular weight excluding hydrogens is 665 g/mol. The highest BCUT2D eigenvalue weighted by molar-refractivity contribution is 5.99. The molecule has 3 saturated heterocycles. The van der Waals surface area contributed by atoms with Crippen LogP contribution in [-0.4, -0.2) is 100.0 Å². The molecule has 3 amide bonds. The Bertz CT molecular complexity index is 1990. The van der Waals surface area contributed by atoms with Gasteiger partial charge in [-0.3, -0.25) is 29.4 Å². The standard InChI is InChI=1S/C38H46FN9O4/c1-38(2)11-7-28-32(22-38)41-42-35(28)31-20-27-19-25(4-6-30(27)40-31)36(50)47-17-15-45(16-18-47)23-24-8-12-46(13-9-24)37(51)26-3-5-29(39)33(21-26)48-14-10-34(49)43-52-44-48/h3-6,19-21,24,40,44H,7-18,22-23H2,1-2H3,(H,41,42)(H,43,49). The minimum Gasteiger partial charge on any atom is -0.353 e. The zero-order valence-electron chi connectivity index (χ0n) is 29.8. The minimum absolute atomic E-state index is 0.0590. The third kappa shape index (κ3) is 7.02. The van der Waals surface area contributed by atoms with Crippen molar-refractivity contribution in [3.8, 4) is 11.4 Å². The summed E-state index contributed by atoms with van der Waals surface area (Å²) in [6.45, 7) is 9.97. The molecule has 0 radical (unpaired) electrons. The largest absolute Gasteiger partial charge is 0.353 e. The molecule has 4 aliphatic rings. The van der Waals surface area contributed by atoms with Crippen molar-refractivity contribution in [1.29, 1.82) is 0 Å². The van der Waals surface area contributed by atoms with Crippen LogP contribution in [0.15, 0.2) is 42.5 Å². The number of rotatable bonds is 6. The van der Waals surface area contributed by atoms with Gasteiger partial charge in [0.2, 0.25) is 5.91 Å². The molecule has 274 valence electrons. The molecule has 2 aromatic heterocycles. The highest BCUT2D eigenvalue weighted by Crippen LogP contribution is 2.38. The summed E-state index contributed by atoms with van der Waals surface area (Å²) < 4.78 is 14.7. The number of halogens is 1. The molecule has 2 aromatic carbocycles. The van der Waals surface area contributed by atoms with Gasteiger partial charge in [0.15, 0.2) is 0 Å². The number of nitrogens with one attached hydrogen (secondary N) is 4. The molecule has 52 heavy (non-hydrogen) atoms. The Morgan fingerprint density at radius 3 is 2.44 bits per heavy atom. The van der Waals surface area contributed by atoms with E-state index in [1.54, 1.807) is 0 Å². The number of aromatic nitrogens is 3. The molecule has 14 heteroatoms. The number of piperazine rings is 1. The van der Waals surface area contributed by atoms with E-state index < -0.39 is 5.82 Å². The summed E-state index contributed by atoms with van der Waals surface area (Å²) in [6, 6.07) is 12.3. The summed E-state index contributed by atoms with van der Waals surface area (Å²) in [7, 11) is 0. The van der Waals surface area contributed by atoms with E-state index in [1.165, 1.54) is 34.5 Å². The van der Waals surface area contributed by atoms with E-state index in [-0.39, 0.29) is 41.8 Å². The van der Waals surface area contributed by atoms with Crippen molar-refractivity contribution in [2.24, 2.45) is 11.3 Å². The van der Waals surface area contributed by atoms with E-state index >= 15 is 0 Å². The highest BCUT2D eigenvalue weighted by atomic mass is 19.1. The smallest absolute Gasteiger partial charge is 0.253 e. The van der Waals surface area contributed by atoms with Crippen LogP contribution < -0.4 is 16.1 Å². The summed E-state index contributed by atoms with van der Waals surface area (Å²) in [5.41, 5.74) is 11.7. The molecule has 0 spiro atoms.